The first-order valence-corrected chi connectivity index (χ1v) is 6.76. The van der Waals surface area contributed by atoms with Gasteiger partial charge in [-0.05, 0) is 36.4 Å². The number of anilines is 1. The Morgan fingerprint density at radius 3 is 2.73 bits per heavy atom. The summed E-state index contributed by atoms with van der Waals surface area (Å²) in [4.78, 5) is 12.2. The first-order valence-electron chi connectivity index (χ1n) is 6.38. The Balaban J connectivity index is 2.02. The van der Waals surface area contributed by atoms with Crippen LogP contribution < -0.4 is 10.9 Å². The number of hydrogen-bond acceptors (Lipinski definition) is 3. The van der Waals surface area contributed by atoms with Crippen LogP contribution in [0.5, 0.6) is 0 Å². The molecule has 0 radical (unpaired) electrons. The number of hydrogen-bond donors (Lipinski definition) is 2. The van der Waals surface area contributed by atoms with Crippen molar-refractivity contribution in [1.29, 1.82) is 5.41 Å². The van der Waals surface area contributed by atoms with Gasteiger partial charge in [0.15, 0.2) is 0 Å². The fraction of sp³-hybridized carbons (Fsp3) is 0. The van der Waals surface area contributed by atoms with E-state index in [-0.39, 0.29) is 16.8 Å². The van der Waals surface area contributed by atoms with Crippen LogP contribution in [0.15, 0.2) is 52.9 Å². The van der Waals surface area contributed by atoms with E-state index in [1.54, 1.807) is 24.3 Å². The molecule has 0 saturated heterocycles. The van der Waals surface area contributed by atoms with E-state index in [0.717, 1.165) is 0 Å². The molecule has 0 aliphatic rings. The van der Waals surface area contributed by atoms with Crippen LogP contribution in [0, 0.1) is 11.2 Å². The van der Waals surface area contributed by atoms with Crippen LogP contribution in [-0.4, -0.2) is 5.91 Å². The average molecular weight is 317 g/mol. The molecule has 0 atom stereocenters. The second-order valence-electron chi connectivity index (χ2n) is 4.61. The number of carbonyl (C=O) groups is 1. The lowest BCUT2D eigenvalue weighted by Gasteiger charge is -2.07. The summed E-state index contributed by atoms with van der Waals surface area (Å²) in [6.45, 7) is 0. The molecule has 0 unspecified atom stereocenters. The van der Waals surface area contributed by atoms with Gasteiger partial charge in [0.1, 0.15) is 17.0 Å². The molecule has 2 N–H and O–H groups in total. The van der Waals surface area contributed by atoms with Gasteiger partial charge in [-0.2, -0.15) is 0 Å². The van der Waals surface area contributed by atoms with Crippen molar-refractivity contribution < 1.29 is 13.6 Å². The molecule has 0 aliphatic heterocycles. The molecule has 0 spiro atoms. The summed E-state index contributed by atoms with van der Waals surface area (Å²) < 4.78 is 18.9. The molecule has 22 heavy (non-hydrogen) atoms. The van der Waals surface area contributed by atoms with E-state index in [4.69, 9.17) is 21.4 Å². The van der Waals surface area contributed by atoms with Gasteiger partial charge >= 0.3 is 0 Å². The predicted octanol–water partition coefficient (Wildman–Crippen LogP) is 3.96. The number of carbonyl (C=O) groups excluding carboxylic acids is 1. The standard InChI is InChI=1S/C16H10ClFN2O2/c17-10-5-6-14-9(7-10)8-11(15(19)22-14)16(21)20-13-4-2-1-3-12(13)18/h1-8,19H,(H,20,21). The third-order valence-corrected chi connectivity index (χ3v) is 3.33. The van der Waals surface area contributed by atoms with Crippen LogP contribution in [0.2, 0.25) is 5.02 Å². The Hall–Kier alpha value is -2.66. The molecule has 0 aliphatic carbocycles. The highest BCUT2D eigenvalue weighted by atomic mass is 35.5. The van der Waals surface area contributed by atoms with Gasteiger partial charge in [-0.25, -0.2) is 4.39 Å². The Morgan fingerprint density at radius 1 is 1.18 bits per heavy atom. The number of nitrogens with one attached hydrogen (secondary N) is 2. The molecule has 0 bridgehead atoms. The maximum atomic E-state index is 13.6. The Bertz CT molecular complexity index is 937. The van der Waals surface area contributed by atoms with Gasteiger partial charge in [-0.15, -0.1) is 0 Å². The minimum absolute atomic E-state index is 0.00183. The number of amides is 1. The molecule has 1 aromatic heterocycles. The molecule has 0 fully saturated rings. The summed E-state index contributed by atoms with van der Waals surface area (Å²) in [5, 5.41) is 11.3. The predicted molar refractivity (Wildman–Crippen MR) is 81.4 cm³/mol. The normalized spacial score (nSPS) is 10.6. The summed E-state index contributed by atoms with van der Waals surface area (Å²) >= 11 is 5.90. The van der Waals surface area contributed by atoms with E-state index in [1.165, 1.54) is 24.3 Å². The lowest BCUT2D eigenvalue weighted by atomic mass is 10.1. The van der Waals surface area contributed by atoms with Crippen molar-refractivity contribution in [2.24, 2.45) is 0 Å². The van der Waals surface area contributed by atoms with E-state index in [2.05, 4.69) is 5.32 Å². The molecule has 4 nitrogen and oxygen atoms in total. The highest BCUT2D eigenvalue weighted by Gasteiger charge is 2.13. The van der Waals surface area contributed by atoms with E-state index in [1.807, 2.05) is 0 Å². The van der Waals surface area contributed by atoms with Gasteiger partial charge in [0.2, 0.25) is 5.55 Å². The maximum absolute atomic E-state index is 13.6. The molecular weight excluding hydrogens is 307 g/mol. The molecule has 3 aromatic rings. The highest BCUT2D eigenvalue weighted by Crippen LogP contribution is 2.19. The van der Waals surface area contributed by atoms with Crippen molar-refractivity contribution in [3.05, 3.63) is 70.5 Å². The van der Waals surface area contributed by atoms with Gasteiger partial charge in [0.25, 0.3) is 5.91 Å². The van der Waals surface area contributed by atoms with Crippen molar-refractivity contribution in [2.75, 3.05) is 5.32 Å². The number of fused-ring (bicyclic) bond motifs is 1. The number of benzene rings is 2. The van der Waals surface area contributed by atoms with Gasteiger partial charge in [0.05, 0.1) is 5.69 Å². The number of para-hydroxylation sites is 1. The fourth-order valence-corrected chi connectivity index (χ4v) is 2.21. The van der Waals surface area contributed by atoms with E-state index in [0.29, 0.717) is 16.0 Å². The molecule has 110 valence electrons. The van der Waals surface area contributed by atoms with Crippen LogP contribution in [0.4, 0.5) is 10.1 Å². The maximum Gasteiger partial charge on any atom is 0.261 e. The van der Waals surface area contributed by atoms with Crippen LogP contribution in [-0.2, 0) is 0 Å². The van der Waals surface area contributed by atoms with Gasteiger partial charge in [-0.3, -0.25) is 10.2 Å². The SMILES string of the molecule is N=c1oc2ccc(Cl)cc2cc1C(=O)Nc1ccccc1F. The minimum Gasteiger partial charge on any atom is -0.438 e. The number of halogens is 2. The van der Waals surface area contributed by atoms with Crippen LogP contribution in [0.1, 0.15) is 10.4 Å². The summed E-state index contributed by atoms with van der Waals surface area (Å²) in [5.41, 5.74) is 0.177. The smallest absolute Gasteiger partial charge is 0.261 e. The Labute approximate surface area is 129 Å². The summed E-state index contributed by atoms with van der Waals surface area (Å²) in [5.74, 6) is -1.18. The fourth-order valence-electron chi connectivity index (χ4n) is 2.03. The molecule has 0 saturated carbocycles. The van der Waals surface area contributed by atoms with E-state index >= 15 is 0 Å². The van der Waals surface area contributed by atoms with Crippen molar-refractivity contribution in [1.82, 2.24) is 0 Å². The lowest BCUT2D eigenvalue weighted by Crippen LogP contribution is -2.21. The lowest BCUT2D eigenvalue weighted by molar-refractivity contribution is 0.102. The van der Waals surface area contributed by atoms with Crippen LogP contribution in [0.25, 0.3) is 11.0 Å². The second kappa shape index (κ2) is 5.61. The largest absolute Gasteiger partial charge is 0.438 e. The highest BCUT2D eigenvalue weighted by molar-refractivity contribution is 6.31. The van der Waals surface area contributed by atoms with Crippen LogP contribution in [0.3, 0.4) is 0 Å². The topological polar surface area (TPSA) is 66.1 Å². The zero-order valence-electron chi connectivity index (χ0n) is 11.2. The molecule has 2 aromatic carbocycles. The number of rotatable bonds is 2. The van der Waals surface area contributed by atoms with Gasteiger partial charge in [0, 0.05) is 10.4 Å². The second-order valence-corrected chi connectivity index (χ2v) is 5.04. The summed E-state index contributed by atoms with van der Waals surface area (Å²) in [6.07, 6.45) is 0. The van der Waals surface area contributed by atoms with Gasteiger partial charge in [-0.1, -0.05) is 23.7 Å². The molecular formula is C16H10ClFN2O2. The zero-order valence-corrected chi connectivity index (χ0v) is 11.9. The average Bonchev–Trinajstić information content (AvgIpc) is 2.49. The third kappa shape index (κ3) is 2.71. The molecule has 1 heterocycles. The van der Waals surface area contributed by atoms with Crippen molar-refractivity contribution in [2.45, 2.75) is 0 Å². The summed E-state index contributed by atoms with van der Waals surface area (Å²) in [7, 11) is 0. The monoisotopic (exact) mass is 316 g/mol. The van der Waals surface area contributed by atoms with Crippen molar-refractivity contribution in [3.8, 4) is 0 Å². The van der Waals surface area contributed by atoms with Crippen LogP contribution >= 0.6 is 11.6 Å². The van der Waals surface area contributed by atoms with E-state index < -0.39 is 11.7 Å². The Morgan fingerprint density at radius 2 is 1.95 bits per heavy atom. The molecule has 1 amide bonds. The quantitative estimate of drug-likeness (QED) is 0.751. The first kappa shape index (κ1) is 14.3. The van der Waals surface area contributed by atoms with Crippen molar-refractivity contribution >= 4 is 34.2 Å². The van der Waals surface area contributed by atoms with Gasteiger partial charge < -0.3 is 9.73 Å². The summed E-state index contributed by atoms with van der Waals surface area (Å²) in [6, 6.07) is 12.2. The zero-order chi connectivity index (χ0) is 15.7. The third-order valence-electron chi connectivity index (χ3n) is 3.10. The van der Waals surface area contributed by atoms with Crippen molar-refractivity contribution in [3.63, 3.8) is 0 Å². The Kier molecular flexibility index (Phi) is 3.65. The minimum atomic E-state index is -0.624. The molecule has 6 heteroatoms. The first-order chi connectivity index (χ1) is 10.5. The molecule has 3 rings (SSSR count). The van der Waals surface area contributed by atoms with E-state index in [9.17, 15) is 9.18 Å².